The van der Waals surface area contributed by atoms with E-state index in [9.17, 15) is 0 Å². The maximum atomic E-state index is 7.61. The van der Waals surface area contributed by atoms with Crippen LogP contribution in [0.15, 0.2) is 11.3 Å². The van der Waals surface area contributed by atoms with Crippen molar-refractivity contribution in [2.24, 2.45) is 5.73 Å². The minimum atomic E-state index is 0.717. The van der Waals surface area contributed by atoms with Crippen molar-refractivity contribution in [3.05, 3.63) is 11.3 Å². The van der Waals surface area contributed by atoms with Gasteiger partial charge in [0.2, 0.25) is 0 Å². The van der Waals surface area contributed by atoms with E-state index >= 15 is 0 Å². The van der Waals surface area contributed by atoms with Crippen molar-refractivity contribution < 1.29 is 0 Å². The quantitative estimate of drug-likeness (QED) is 0.673. The van der Waals surface area contributed by atoms with Crippen molar-refractivity contribution in [3.63, 3.8) is 0 Å². The van der Waals surface area contributed by atoms with Crippen LogP contribution in [0.5, 0.6) is 0 Å². The zero-order chi connectivity index (χ0) is 10.3. The molecule has 0 aliphatic carbocycles. The van der Waals surface area contributed by atoms with Gasteiger partial charge in [-0.25, -0.2) is 0 Å². The SMILES string of the molecule is CC.CCC(=N)C1=C(N)CCSC1. The van der Waals surface area contributed by atoms with E-state index in [0.717, 1.165) is 41.3 Å². The molecule has 1 rings (SSSR count). The number of hydrogen-bond donors (Lipinski definition) is 2. The van der Waals surface area contributed by atoms with Crippen LogP contribution >= 0.6 is 11.8 Å². The van der Waals surface area contributed by atoms with E-state index in [-0.39, 0.29) is 0 Å². The van der Waals surface area contributed by atoms with Crippen molar-refractivity contribution in [2.75, 3.05) is 11.5 Å². The molecule has 1 aliphatic heterocycles. The normalized spacial score (nSPS) is 16.2. The van der Waals surface area contributed by atoms with Gasteiger partial charge in [0.25, 0.3) is 0 Å². The average Bonchev–Trinajstić information content (AvgIpc) is 2.20. The van der Waals surface area contributed by atoms with Gasteiger partial charge in [0.05, 0.1) is 0 Å². The fourth-order valence-corrected chi connectivity index (χ4v) is 2.17. The number of nitrogens with two attached hydrogens (primary N) is 1. The smallest absolute Gasteiger partial charge is 0.0368 e. The molecule has 3 heteroatoms. The summed E-state index contributed by atoms with van der Waals surface area (Å²) in [4.78, 5) is 0. The topological polar surface area (TPSA) is 49.9 Å². The summed E-state index contributed by atoms with van der Waals surface area (Å²) < 4.78 is 0. The highest BCUT2D eigenvalue weighted by Crippen LogP contribution is 2.21. The standard InChI is InChI=1S/C8H14N2S.C2H6/c1-2-7(9)6-5-11-4-3-8(6)10;1-2/h9H,2-5,10H2,1H3;1-2H3. The predicted molar refractivity (Wildman–Crippen MR) is 62.5 cm³/mol. The average molecular weight is 200 g/mol. The second-order valence-electron chi connectivity index (χ2n) is 2.64. The van der Waals surface area contributed by atoms with Crippen molar-refractivity contribution >= 4 is 17.5 Å². The van der Waals surface area contributed by atoms with Crippen LogP contribution in [0, 0.1) is 5.41 Å². The first-order valence-corrected chi connectivity index (χ1v) is 6.04. The van der Waals surface area contributed by atoms with Crippen molar-refractivity contribution in [3.8, 4) is 0 Å². The summed E-state index contributed by atoms with van der Waals surface area (Å²) in [7, 11) is 0. The Balaban J connectivity index is 0.000000671. The van der Waals surface area contributed by atoms with Gasteiger partial charge < -0.3 is 11.1 Å². The highest BCUT2D eigenvalue weighted by molar-refractivity contribution is 7.99. The van der Waals surface area contributed by atoms with Crippen molar-refractivity contribution in [1.29, 1.82) is 5.41 Å². The largest absolute Gasteiger partial charge is 0.402 e. The van der Waals surface area contributed by atoms with E-state index in [4.69, 9.17) is 11.1 Å². The van der Waals surface area contributed by atoms with E-state index in [1.165, 1.54) is 0 Å². The molecule has 0 fully saturated rings. The van der Waals surface area contributed by atoms with Crippen molar-refractivity contribution in [2.45, 2.75) is 33.6 Å². The molecule has 1 heterocycles. The summed E-state index contributed by atoms with van der Waals surface area (Å²) in [6.07, 6.45) is 1.76. The Morgan fingerprint density at radius 3 is 2.62 bits per heavy atom. The molecule has 0 aromatic carbocycles. The second-order valence-corrected chi connectivity index (χ2v) is 3.74. The minimum absolute atomic E-state index is 0.717. The molecule has 0 saturated heterocycles. The maximum Gasteiger partial charge on any atom is 0.0368 e. The highest BCUT2D eigenvalue weighted by Gasteiger charge is 2.12. The van der Waals surface area contributed by atoms with Gasteiger partial charge in [-0.15, -0.1) is 0 Å². The molecule has 1 aliphatic rings. The number of allylic oxidation sites excluding steroid dienone is 1. The van der Waals surface area contributed by atoms with Crippen LogP contribution in [0.4, 0.5) is 0 Å². The third-order valence-electron chi connectivity index (χ3n) is 1.87. The summed E-state index contributed by atoms with van der Waals surface area (Å²) in [5, 5.41) is 7.61. The Labute approximate surface area is 85.5 Å². The molecular formula is C10H20N2S. The molecule has 0 aromatic heterocycles. The molecule has 2 nitrogen and oxygen atoms in total. The summed E-state index contributed by atoms with van der Waals surface area (Å²) >= 11 is 1.87. The molecular weight excluding hydrogens is 180 g/mol. The molecule has 0 atom stereocenters. The lowest BCUT2D eigenvalue weighted by atomic mass is 10.1. The van der Waals surface area contributed by atoms with Gasteiger partial charge in [-0.1, -0.05) is 20.8 Å². The van der Waals surface area contributed by atoms with Gasteiger partial charge in [0, 0.05) is 22.7 Å². The number of nitrogens with one attached hydrogen (secondary N) is 1. The van der Waals surface area contributed by atoms with Gasteiger partial charge in [-0.05, 0) is 18.6 Å². The Bertz CT molecular complexity index is 197. The van der Waals surface area contributed by atoms with Crippen LogP contribution < -0.4 is 5.73 Å². The number of rotatable bonds is 2. The predicted octanol–water partition coefficient (Wildman–Crippen LogP) is 2.79. The lowest BCUT2D eigenvalue weighted by molar-refractivity contribution is 1.03. The summed E-state index contributed by atoms with van der Waals surface area (Å²) in [5.41, 5.74) is 8.53. The summed E-state index contributed by atoms with van der Waals surface area (Å²) in [5.74, 6) is 2.06. The first-order chi connectivity index (χ1) is 6.25. The van der Waals surface area contributed by atoms with E-state index in [1.54, 1.807) is 0 Å². The maximum absolute atomic E-state index is 7.61. The summed E-state index contributed by atoms with van der Waals surface area (Å²) in [6, 6.07) is 0. The van der Waals surface area contributed by atoms with Crippen LogP contribution in [0.1, 0.15) is 33.6 Å². The Morgan fingerprint density at radius 1 is 1.54 bits per heavy atom. The fraction of sp³-hybridized carbons (Fsp3) is 0.700. The first-order valence-electron chi connectivity index (χ1n) is 4.88. The lowest BCUT2D eigenvalue weighted by Crippen LogP contribution is -2.16. The van der Waals surface area contributed by atoms with Crippen molar-refractivity contribution in [1.82, 2.24) is 0 Å². The zero-order valence-electron chi connectivity index (χ0n) is 8.81. The Morgan fingerprint density at radius 2 is 2.15 bits per heavy atom. The van der Waals surface area contributed by atoms with Crippen LogP contribution in [0.25, 0.3) is 0 Å². The molecule has 0 bridgehead atoms. The molecule has 0 spiro atoms. The zero-order valence-corrected chi connectivity index (χ0v) is 9.63. The molecule has 0 unspecified atom stereocenters. The molecule has 0 saturated carbocycles. The molecule has 0 amide bonds. The second kappa shape index (κ2) is 7.01. The van der Waals surface area contributed by atoms with E-state index in [0.29, 0.717) is 0 Å². The Hall–Kier alpha value is -0.440. The van der Waals surface area contributed by atoms with Gasteiger partial charge in [0.15, 0.2) is 0 Å². The molecule has 76 valence electrons. The number of thioether (sulfide) groups is 1. The lowest BCUT2D eigenvalue weighted by Gasteiger charge is -2.16. The number of hydrogen-bond acceptors (Lipinski definition) is 3. The molecule has 13 heavy (non-hydrogen) atoms. The third kappa shape index (κ3) is 3.85. The van der Waals surface area contributed by atoms with E-state index in [2.05, 4.69) is 0 Å². The summed E-state index contributed by atoms with van der Waals surface area (Å²) in [6.45, 7) is 6.00. The minimum Gasteiger partial charge on any atom is -0.402 e. The van der Waals surface area contributed by atoms with Gasteiger partial charge in [-0.2, -0.15) is 11.8 Å². The van der Waals surface area contributed by atoms with E-state index in [1.807, 2.05) is 32.5 Å². The van der Waals surface area contributed by atoms with Gasteiger partial charge >= 0.3 is 0 Å². The van der Waals surface area contributed by atoms with E-state index < -0.39 is 0 Å². The van der Waals surface area contributed by atoms with Crippen LogP contribution in [-0.4, -0.2) is 17.2 Å². The van der Waals surface area contributed by atoms with Gasteiger partial charge in [0.1, 0.15) is 0 Å². The molecule has 0 radical (unpaired) electrons. The van der Waals surface area contributed by atoms with Gasteiger partial charge in [-0.3, -0.25) is 0 Å². The third-order valence-corrected chi connectivity index (χ3v) is 2.85. The fourth-order valence-electron chi connectivity index (χ4n) is 1.09. The van der Waals surface area contributed by atoms with Crippen LogP contribution in [0.2, 0.25) is 0 Å². The molecule has 0 aromatic rings. The molecule has 3 N–H and O–H groups in total. The monoisotopic (exact) mass is 200 g/mol. The highest BCUT2D eigenvalue weighted by atomic mass is 32.2. The van der Waals surface area contributed by atoms with Crippen LogP contribution in [0.3, 0.4) is 0 Å². The first kappa shape index (κ1) is 12.6. The Kier molecular flexibility index (Phi) is 6.77. The van der Waals surface area contributed by atoms with Crippen LogP contribution in [-0.2, 0) is 0 Å².